The van der Waals surface area contributed by atoms with Gasteiger partial charge in [0.2, 0.25) is 0 Å². The second-order valence-electron chi connectivity index (χ2n) is 4.29. The molecule has 0 radical (unpaired) electrons. The molecule has 1 heterocycles. The molecule has 1 N–H and O–H groups in total. The van der Waals surface area contributed by atoms with Crippen LogP contribution < -0.4 is 5.32 Å². The highest BCUT2D eigenvalue weighted by molar-refractivity contribution is 5.30. The van der Waals surface area contributed by atoms with Crippen molar-refractivity contribution in [3.05, 3.63) is 47.0 Å². The van der Waals surface area contributed by atoms with E-state index in [0.29, 0.717) is 0 Å². The summed E-state index contributed by atoms with van der Waals surface area (Å²) >= 11 is 0. The Morgan fingerprint density at radius 1 is 1.29 bits per heavy atom. The Morgan fingerprint density at radius 2 is 2.12 bits per heavy atom. The summed E-state index contributed by atoms with van der Waals surface area (Å²) in [5.74, 6) is 0.966. The maximum atomic E-state index is 4.27. The van der Waals surface area contributed by atoms with E-state index in [4.69, 9.17) is 0 Å². The first-order valence-corrected chi connectivity index (χ1v) is 5.78. The Kier molecular flexibility index (Phi) is 3.54. The van der Waals surface area contributed by atoms with Gasteiger partial charge in [-0.3, -0.25) is 0 Å². The predicted octanol–water partition coefficient (Wildman–Crippen LogP) is 1.66. The van der Waals surface area contributed by atoms with E-state index in [2.05, 4.69) is 47.4 Å². The number of rotatable bonds is 4. The van der Waals surface area contributed by atoms with Crippen LogP contribution in [-0.2, 0) is 13.1 Å². The van der Waals surface area contributed by atoms with Crippen LogP contribution in [0.2, 0.25) is 0 Å². The van der Waals surface area contributed by atoms with Crippen LogP contribution in [0, 0.1) is 13.8 Å². The number of benzene rings is 1. The topological polar surface area (TPSA) is 42.7 Å². The van der Waals surface area contributed by atoms with Gasteiger partial charge in [-0.2, -0.15) is 5.10 Å². The maximum absolute atomic E-state index is 4.27. The molecule has 2 aromatic rings. The molecule has 4 heteroatoms. The summed E-state index contributed by atoms with van der Waals surface area (Å²) in [4.78, 5) is 4.24. The Hall–Kier alpha value is -1.68. The van der Waals surface area contributed by atoms with Gasteiger partial charge < -0.3 is 5.32 Å². The number of nitrogens with zero attached hydrogens (tertiary/aromatic N) is 3. The van der Waals surface area contributed by atoms with Gasteiger partial charge in [-0.1, -0.05) is 23.8 Å². The second-order valence-corrected chi connectivity index (χ2v) is 4.29. The quantitative estimate of drug-likeness (QED) is 0.868. The number of hydrogen-bond donors (Lipinski definition) is 1. The van der Waals surface area contributed by atoms with Gasteiger partial charge in [-0.05, 0) is 32.0 Å². The standard InChI is InChI=1S/C13H18N4/c1-10-4-5-11(2)12(6-10)8-17-13(7-14-3)15-9-16-17/h4-6,9,14H,7-8H2,1-3H3. The molecule has 0 bridgehead atoms. The van der Waals surface area contributed by atoms with E-state index in [0.717, 1.165) is 18.9 Å². The average Bonchev–Trinajstić information content (AvgIpc) is 2.72. The molecule has 0 saturated carbocycles. The van der Waals surface area contributed by atoms with Gasteiger partial charge in [0.05, 0.1) is 13.1 Å². The molecule has 0 aliphatic carbocycles. The molecule has 0 aliphatic heterocycles. The lowest BCUT2D eigenvalue weighted by Crippen LogP contribution is -2.14. The van der Waals surface area contributed by atoms with Gasteiger partial charge in [0.1, 0.15) is 12.2 Å². The zero-order valence-electron chi connectivity index (χ0n) is 10.6. The highest BCUT2D eigenvalue weighted by Crippen LogP contribution is 2.12. The van der Waals surface area contributed by atoms with E-state index >= 15 is 0 Å². The third-order valence-electron chi connectivity index (χ3n) is 2.86. The second kappa shape index (κ2) is 5.10. The highest BCUT2D eigenvalue weighted by atomic mass is 15.3. The maximum Gasteiger partial charge on any atom is 0.141 e. The molecule has 4 nitrogen and oxygen atoms in total. The lowest BCUT2D eigenvalue weighted by atomic mass is 10.1. The molecular weight excluding hydrogens is 212 g/mol. The third kappa shape index (κ3) is 2.71. The van der Waals surface area contributed by atoms with Crippen molar-refractivity contribution in [2.75, 3.05) is 7.05 Å². The molecule has 0 amide bonds. The van der Waals surface area contributed by atoms with E-state index < -0.39 is 0 Å². The van der Waals surface area contributed by atoms with Crippen LogP contribution in [0.5, 0.6) is 0 Å². The molecule has 90 valence electrons. The van der Waals surface area contributed by atoms with Crippen LogP contribution in [0.15, 0.2) is 24.5 Å². The first-order valence-electron chi connectivity index (χ1n) is 5.78. The van der Waals surface area contributed by atoms with Crippen LogP contribution in [0.4, 0.5) is 0 Å². The molecule has 0 aliphatic rings. The van der Waals surface area contributed by atoms with Gasteiger partial charge in [0.15, 0.2) is 0 Å². The number of hydrogen-bond acceptors (Lipinski definition) is 3. The molecule has 0 spiro atoms. The first kappa shape index (κ1) is 11.8. The average molecular weight is 230 g/mol. The third-order valence-corrected chi connectivity index (χ3v) is 2.86. The van der Waals surface area contributed by atoms with Crippen LogP contribution >= 0.6 is 0 Å². The Bertz CT molecular complexity index is 502. The van der Waals surface area contributed by atoms with Gasteiger partial charge in [0.25, 0.3) is 0 Å². The monoisotopic (exact) mass is 230 g/mol. The summed E-state index contributed by atoms with van der Waals surface area (Å²) in [7, 11) is 1.91. The smallest absolute Gasteiger partial charge is 0.141 e. The Balaban J connectivity index is 2.25. The minimum absolute atomic E-state index is 0.741. The summed E-state index contributed by atoms with van der Waals surface area (Å²) in [6, 6.07) is 6.49. The van der Waals surface area contributed by atoms with Crippen LogP contribution in [0.1, 0.15) is 22.5 Å². The van der Waals surface area contributed by atoms with Crippen molar-refractivity contribution < 1.29 is 0 Å². The number of nitrogens with one attached hydrogen (secondary N) is 1. The van der Waals surface area contributed by atoms with Crippen molar-refractivity contribution >= 4 is 0 Å². The first-order chi connectivity index (χ1) is 8.20. The molecule has 0 fully saturated rings. The van der Waals surface area contributed by atoms with E-state index in [1.807, 2.05) is 11.7 Å². The van der Waals surface area contributed by atoms with E-state index in [1.54, 1.807) is 6.33 Å². The molecule has 0 saturated heterocycles. The van der Waals surface area contributed by atoms with Crippen LogP contribution in [0.25, 0.3) is 0 Å². The molecule has 17 heavy (non-hydrogen) atoms. The van der Waals surface area contributed by atoms with Gasteiger partial charge in [-0.15, -0.1) is 0 Å². The van der Waals surface area contributed by atoms with Crippen molar-refractivity contribution in [2.24, 2.45) is 0 Å². The minimum atomic E-state index is 0.741. The molecule has 2 rings (SSSR count). The van der Waals surface area contributed by atoms with E-state index in [9.17, 15) is 0 Å². The minimum Gasteiger partial charge on any atom is -0.313 e. The number of aryl methyl sites for hydroxylation is 2. The molecular formula is C13H18N4. The number of aromatic nitrogens is 3. The fraction of sp³-hybridized carbons (Fsp3) is 0.385. The molecule has 0 unspecified atom stereocenters. The highest BCUT2D eigenvalue weighted by Gasteiger charge is 2.05. The van der Waals surface area contributed by atoms with Crippen molar-refractivity contribution in [3.63, 3.8) is 0 Å². The summed E-state index contributed by atoms with van der Waals surface area (Å²) in [6.45, 7) is 5.76. The molecule has 1 aromatic carbocycles. The van der Waals surface area contributed by atoms with E-state index in [-0.39, 0.29) is 0 Å². The SMILES string of the molecule is CNCc1ncnn1Cc1cc(C)ccc1C. The van der Waals surface area contributed by atoms with Crippen molar-refractivity contribution in [3.8, 4) is 0 Å². The lowest BCUT2D eigenvalue weighted by Gasteiger charge is -2.09. The van der Waals surface area contributed by atoms with Crippen molar-refractivity contribution in [1.82, 2.24) is 20.1 Å². The predicted molar refractivity (Wildman–Crippen MR) is 67.8 cm³/mol. The van der Waals surface area contributed by atoms with Gasteiger partial charge >= 0.3 is 0 Å². The molecule has 1 aromatic heterocycles. The zero-order valence-corrected chi connectivity index (χ0v) is 10.6. The fourth-order valence-electron chi connectivity index (χ4n) is 1.85. The molecule has 0 atom stereocenters. The summed E-state index contributed by atoms with van der Waals surface area (Å²) < 4.78 is 1.94. The summed E-state index contributed by atoms with van der Waals surface area (Å²) in [5, 5.41) is 7.37. The van der Waals surface area contributed by atoms with Crippen LogP contribution in [-0.4, -0.2) is 21.8 Å². The van der Waals surface area contributed by atoms with Crippen molar-refractivity contribution in [1.29, 1.82) is 0 Å². The van der Waals surface area contributed by atoms with Crippen molar-refractivity contribution in [2.45, 2.75) is 26.9 Å². The van der Waals surface area contributed by atoms with Gasteiger partial charge in [0, 0.05) is 0 Å². The fourth-order valence-corrected chi connectivity index (χ4v) is 1.85. The van der Waals surface area contributed by atoms with Crippen LogP contribution in [0.3, 0.4) is 0 Å². The normalized spacial score (nSPS) is 10.8. The Labute approximate surface area is 102 Å². The van der Waals surface area contributed by atoms with E-state index in [1.165, 1.54) is 16.7 Å². The van der Waals surface area contributed by atoms with Gasteiger partial charge in [-0.25, -0.2) is 9.67 Å². The summed E-state index contributed by atoms with van der Waals surface area (Å²) in [5.41, 5.74) is 3.87. The largest absolute Gasteiger partial charge is 0.313 e. The summed E-state index contributed by atoms with van der Waals surface area (Å²) in [6.07, 6.45) is 1.61. The Morgan fingerprint density at radius 3 is 2.88 bits per heavy atom. The zero-order chi connectivity index (χ0) is 12.3. The lowest BCUT2D eigenvalue weighted by molar-refractivity contribution is 0.611.